The number of hydrogen-bond acceptors (Lipinski definition) is 4. The molecule has 1 saturated carbocycles. The molecule has 1 aromatic rings. The highest BCUT2D eigenvalue weighted by molar-refractivity contribution is 5.83. The first-order valence-corrected chi connectivity index (χ1v) is 10.1. The van der Waals surface area contributed by atoms with Crippen molar-refractivity contribution >= 4 is 11.8 Å². The van der Waals surface area contributed by atoms with E-state index >= 15 is 0 Å². The molecule has 0 aromatic heterocycles. The third-order valence-electron chi connectivity index (χ3n) is 6.64. The van der Waals surface area contributed by atoms with Crippen molar-refractivity contribution in [1.29, 1.82) is 0 Å². The van der Waals surface area contributed by atoms with Crippen molar-refractivity contribution in [1.82, 2.24) is 4.90 Å². The van der Waals surface area contributed by atoms with E-state index < -0.39 is 11.4 Å². The molecule has 154 valence electrons. The van der Waals surface area contributed by atoms with Crippen LogP contribution in [-0.4, -0.2) is 52.2 Å². The third-order valence-corrected chi connectivity index (χ3v) is 6.64. The Morgan fingerprint density at radius 1 is 1.14 bits per heavy atom. The molecule has 0 unspecified atom stereocenters. The molecule has 1 aromatic carbocycles. The van der Waals surface area contributed by atoms with Crippen molar-refractivity contribution < 1.29 is 20.1 Å². The molecule has 2 aliphatic rings. The van der Waals surface area contributed by atoms with Gasteiger partial charge in [-0.05, 0) is 68.1 Å². The van der Waals surface area contributed by atoms with Gasteiger partial charge in [0.15, 0.2) is 0 Å². The zero-order valence-corrected chi connectivity index (χ0v) is 17.1. The predicted molar refractivity (Wildman–Crippen MR) is 109 cm³/mol. The fourth-order valence-electron chi connectivity index (χ4n) is 4.92. The van der Waals surface area contributed by atoms with Crippen LogP contribution in [0.5, 0.6) is 11.5 Å². The molecule has 0 bridgehead atoms. The summed E-state index contributed by atoms with van der Waals surface area (Å²) in [5.41, 5.74) is 0.553. The smallest absolute Gasteiger partial charge is 0.309 e. The molecule has 1 heterocycles. The van der Waals surface area contributed by atoms with Gasteiger partial charge in [0.2, 0.25) is 0 Å². The maximum atomic E-state index is 11.5. The van der Waals surface area contributed by atoms with Gasteiger partial charge < -0.3 is 20.2 Å². The molecule has 6 heteroatoms. The molecule has 1 saturated heterocycles. The normalized spacial score (nSPS) is 27.3. The van der Waals surface area contributed by atoms with Gasteiger partial charge in [0, 0.05) is 32.6 Å². The van der Waals surface area contributed by atoms with Crippen LogP contribution in [0.3, 0.4) is 0 Å². The number of carboxylic acids is 1. The summed E-state index contributed by atoms with van der Waals surface area (Å²) in [4.78, 5) is 18.2. The van der Waals surface area contributed by atoms with Crippen LogP contribution in [0, 0.1) is 16.7 Å². The summed E-state index contributed by atoms with van der Waals surface area (Å²) in [5.74, 6) is 1.14. The van der Waals surface area contributed by atoms with Crippen LogP contribution in [0.15, 0.2) is 23.2 Å². The maximum absolute atomic E-state index is 11.5. The van der Waals surface area contributed by atoms with Crippen LogP contribution < -0.4 is 0 Å². The molecule has 2 fully saturated rings. The lowest BCUT2D eigenvalue weighted by molar-refractivity contribution is -0.150. The van der Waals surface area contributed by atoms with Gasteiger partial charge in [0.1, 0.15) is 11.5 Å². The lowest BCUT2D eigenvalue weighted by Crippen LogP contribution is -2.47. The van der Waals surface area contributed by atoms with Crippen LogP contribution in [0.2, 0.25) is 0 Å². The van der Waals surface area contributed by atoms with Crippen LogP contribution in [0.1, 0.15) is 51.5 Å². The molecule has 0 radical (unpaired) electrons. The van der Waals surface area contributed by atoms with Crippen molar-refractivity contribution in [2.45, 2.75) is 52.4 Å². The van der Waals surface area contributed by atoms with E-state index in [1.165, 1.54) is 6.07 Å². The average Bonchev–Trinajstić information content (AvgIpc) is 2.58. The fraction of sp³-hybridized carbons (Fsp3) is 0.636. The molecule has 0 spiro atoms. The number of phenols is 2. The molecule has 0 atom stereocenters. The first kappa shape index (κ1) is 20.5. The number of phenolic OH excluding ortho intramolecular Hbond substituents is 2. The second-order valence-corrected chi connectivity index (χ2v) is 9.32. The molecule has 0 amide bonds. The van der Waals surface area contributed by atoms with Gasteiger partial charge in [0.25, 0.3) is 0 Å². The number of rotatable bonds is 5. The molecule has 1 aliphatic carbocycles. The Bertz CT molecular complexity index is 740. The van der Waals surface area contributed by atoms with Crippen molar-refractivity contribution in [3.05, 3.63) is 23.8 Å². The standard InChI is InChI=1S/C22H32N2O4/c1-21(12-16(13-21)8-15-9-17(25)11-18(26)10-15)14-19(23-3)24-6-4-22(2,5-7-24)20(27)28/h9-11,16,25-26H,4-8,12-14H2,1-3H3,(H,27,28)/b23-19+. The Balaban J connectivity index is 1.53. The van der Waals surface area contributed by atoms with E-state index in [-0.39, 0.29) is 16.9 Å². The zero-order valence-electron chi connectivity index (χ0n) is 17.1. The van der Waals surface area contributed by atoms with Gasteiger partial charge in [0.05, 0.1) is 11.3 Å². The van der Waals surface area contributed by atoms with Crippen molar-refractivity contribution in [3.8, 4) is 11.5 Å². The maximum Gasteiger partial charge on any atom is 0.309 e. The Morgan fingerprint density at radius 3 is 2.21 bits per heavy atom. The van der Waals surface area contributed by atoms with E-state index in [0.717, 1.165) is 50.2 Å². The number of amidine groups is 1. The summed E-state index contributed by atoms with van der Waals surface area (Å²) in [6, 6.07) is 4.80. The number of aliphatic imine (C=N–C) groups is 1. The van der Waals surface area contributed by atoms with Gasteiger partial charge in [-0.15, -0.1) is 0 Å². The van der Waals surface area contributed by atoms with Gasteiger partial charge in [-0.3, -0.25) is 9.79 Å². The number of carbonyl (C=O) groups is 1. The molecule has 3 rings (SSSR count). The van der Waals surface area contributed by atoms with Crippen LogP contribution in [0.25, 0.3) is 0 Å². The number of benzene rings is 1. The van der Waals surface area contributed by atoms with Gasteiger partial charge in [-0.25, -0.2) is 0 Å². The number of aliphatic carboxylic acids is 1. The molecule has 6 nitrogen and oxygen atoms in total. The highest BCUT2D eigenvalue weighted by atomic mass is 16.4. The lowest BCUT2D eigenvalue weighted by Gasteiger charge is -2.48. The summed E-state index contributed by atoms with van der Waals surface area (Å²) in [6.45, 7) is 5.63. The Kier molecular flexibility index (Phi) is 5.60. The number of likely N-dealkylation sites (tertiary alicyclic amines) is 1. The van der Waals surface area contributed by atoms with Gasteiger partial charge in [-0.1, -0.05) is 6.92 Å². The van der Waals surface area contributed by atoms with E-state index in [0.29, 0.717) is 18.8 Å². The minimum atomic E-state index is -0.700. The van der Waals surface area contributed by atoms with E-state index in [4.69, 9.17) is 0 Å². The molecular weight excluding hydrogens is 356 g/mol. The summed E-state index contributed by atoms with van der Waals surface area (Å²) in [5, 5.41) is 28.7. The fourth-order valence-corrected chi connectivity index (χ4v) is 4.92. The number of carboxylic acid groups (broad SMARTS) is 1. The number of piperidine rings is 1. The molecule has 3 N–H and O–H groups in total. The number of aromatic hydroxyl groups is 2. The van der Waals surface area contributed by atoms with E-state index in [1.54, 1.807) is 12.1 Å². The quantitative estimate of drug-likeness (QED) is 0.529. The Morgan fingerprint density at radius 2 is 1.71 bits per heavy atom. The first-order valence-electron chi connectivity index (χ1n) is 10.1. The second kappa shape index (κ2) is 7.64. The molecule has 28 heavy (non-hydrogen) atoms. The SMILES string of the molecule is C/N=C(\CC1(C)CC(Cc2cc(O)cc(O)c2)C1)N1CCC(C)(C(=O)O)CC1. The molecule has 1 aliphatic heterocycles. The van der Waals surface area contributed by atoms with E-state index in [1.807, 2.05) is 14.0 Å². The number of nitrogens with zero attached hydrogens (tertiary/aromatic N) is 2. The van der Waals surface area contributed by atoms with E-state index in [2.05, 4.69) is 16.8 Å². The van der Waals surface area contributed by atoms with Gasteiger partial charge in [-0.2, -0.15) is 0 Å². The second-order valence-electron chi connectivity index (χ2n) is 9.32. The third kappa shape index (κ3) is 4.42. The topological polar surface area (TPSA) is 93.4 Å². The summed E-state index contributed by atoms with van der Waals surface area (Å²) < 4.78 is 0. The highest BCUT2D eigenvalue weighted by Gasteiger charge is 2.43. The van der Waals surface area contributed by atoms with Crippen LogP contribution in [-0.2, 0) is 11.2 Å². The zero-order chi connectivity index (χ0) is 20.5. The average molecular weight is 389 g/mol. The monoisotopic (exact) mass is 388 g/mol. The summed E-state index contributed by atoms with van der Waals surface area (Å²) in [6.07, 6.45) is 5.25. The first-order chi connectivity index (χ1) is 13.1. The summed E-state index contributed by atoms with van der Waals surface area (Å²) in [7, 11) is 1.83. The predicted octanol–water partition coefficient (Wildman–Crippen LogP) is 3.66. The Labute approximate surface area is 166 Å². The number of hydrogen-bond donors (Lipinski definition) is 3. The minimum absolute atomic E-state index is 0.107. The van der Waals surface area contributed by atoms with Gasteiger partial charge >= 0.3 is 5.97 Å². The lowest BCUT2D eigenvalue weighted by atomic mass is 9.60. The Hall–Kier alpha value is -2.24. The van der Waals surface area contributed by atoms with Crippen LogP contribution >= 0.6 is 0 Å². The minimum Gasteiger partial charge on any atom is -0.508 e. The van der Waals surface area contributed by atoms with Crippen molar-refractivity contribution in [2.24, 2.45) is 21.7 Å². The van der Waals surface area contributed by atoms with E-state index in [9.17, 15) is 20.1 Å². The van der Waals surface area contributed by atoms with Crippen molar-refractivity contribution in [3.63, 3.8) is 0 Å². The highest BCUT2D eigenvalue weighted by Crippen LogP contribution is 2.50. The molecular formula is C22H32N2O4. The largest absolute Gasteiger partial charge is 0.508 e. The van der Waals surface area contributed by atoms with Crippen molar-refractivity contribution in [2.75, 3.05) is 20.1 Å². The van der Waals surface area contributed by atoms with Crippen LogP contribution in [0.4, 0.5) is 0 Å². The summed E-state index contributed by atoms with van der Waals surface area (Å²) >= 11 is 0.